The van der Waals surface area contributed by atoms with Crippen molar-refractivity contribution in [3.05, 3.63) is 95.6 Å². The predicted octanol–water partition coefficient (Wildman–Crippen LogP) is 5.07. The molecule has 1 aromatic heterocycles. The predicted molar refractivity (Wildman–Crippen MR) is 95.8 cm³/mol. The average molecular weight is 380 g/mol. The van der Waals surface area contributed by atoms with Gasteiger partial charge in [0.25, 0.3) is 0 Å². The fourth-order valence-corrected chi connectivity index (χ4v) is 2.66. The molecule has 4 nitrogen and oxygen atoms in total. The van der Waals surface area contributed by atoms with Crippen LogP contribution in [0.1, 0.15) is 15.9 Å². The van der Waals surface area contributed by atoms with E-state index in [9.17, 15) is 18.0 Å². The summed E-state index contributed by atoms with van der Waals surface area (Å²) in [4.78, 5) is 20.3. The standard InChI is InChI=1S/C21H11F3N2O2/c22-14-5-1-12(2-6-14)20(27)13-3-7-15(8-4-13)28-21-16-9-17(23)18(24)10-19(16)25-11-26-21/h1-11H. The number of benzene rings is 3. The summed E-state index contributed by atoms with van der Waals surface area (Å²) < 4.78 is 45.5. The van der Waals surface area contributed by atoms with Crippen LogP contribution in [0.15, 0.2) is 67.0 Å². The Kier molecular flexibility index (Phi) is 4.49. The number of ketones is 1. The van der Waals surface area contributed by atoms with Gasteiger partial charge in [0.2, 0.25) is 5.88 Å². The third-order valence-electron chi connectivity index (χ3n) is 4.08. The SMILES string of the molecule is O=C(c1ccc(F)cc1)c1ccc(Oc2ncnc3cc(F)c(F)cc23)cc1. The Morgan fingerprint density at radius 1 is 0.786 bits per heavy atom. The van der Waals surface area contributed by atoms with Crippen LogP contribution in [0, 0.1) is 17.5 Å². The summed E-state index contributed by atoms with van der Waals surface area (Å²) in [5.74, 6) is -2.33. The first kappa shape index (κ1) is 17.7. The van der Waals surface area contributed by atoms with E-state index >= 15 is 0 Å². The van der Waals surface area contributed by atoms with E-state index in [1.807, 2.05) is 0 Å². The lowest BCUT2D eigenvalue weighted by molar-refractivity contribution is 0.103. The van der Waals surface area contributed by atoms with E-state index in [1.165, 1.54) is 30.6 Å². The fraction of sp³-hybridized carbons (Fsp3) is 0. The van der Waals surface area contributed by atoms with Gasteiger partial charge >= 0.3 is 0 Å². The highest BCUT2D eigenvalue weighted by Crippen LogP contribution is 2.28. The highest BCUT2D eigenvalue weighted by Gasteiger charge is 2.13. The topological polar surface area (TPSA) is 52.1 Å². The van der Waals surface area contributed by atoms with Crippen molar-refractivity contribution in [2.75, 3.05) is 0 Å². The zero-order valence-electron chi connectivity index (χ0n) is 14.2. The van der Waals surface area contributed by atoms with Crippen molar-refractivity contribution in [2.45, 2.75) is 0 Å². The molecule has 0 unspecified atom stereocenters. The Balaban J connectivity index is 1.60. The first-order chi connectivity index (χ1) is 13.5. The van der Waals surface area contributed by atoms with Gasteiger partial charge < -0.3 is 4.74 Å². The smallest absolute Gasteiger partial charge is 0.230 e. The molecule has 0 bridgehead atoms. The molecule has 0 spiro atoms. The molecule has 0 aliphatic rings. The van der Waals surface area contributed by atoms with Gasteiger partial charge in [-0.1, -0.05) is 0 Å². The second-order valence-corrected chi connectivity index (χ2v) is 5.92. The molecular weight excluding hydrogens is 369 g/mol. The maximum atomic E-state index is 13.5. The number of halogens is 3. The quantitative estimate of drug-likeness (QED) is 0.464. The van der Waals surface area contributed by atoms with Crippen molar-refractivity contribution in [1.82, 2.24) is 9.97 Å². The van der Waals surface area contributed by atoms with Crippen molar-refractivity contribution in [2.24, 2.45) is 0 Å². The first-order valence-electron chi connectivity index (χ1n) is 8.19. The van der Waals surface area contributed by atoms with Gasteiger partial charge in [0, 0.05) is 17.2 Å². The number of carbonyl (C=O) groups is 1. The molecule has 4 rings (SSSR count). The third kappa shape index (κ3) is 3.42. The van der Waals surface area contributed by atoms with E-state index in [0.717, 1.165) is 12.1 Å². The van der Waals surface area contributed by atoms with E-state index in [2.05, 4.69) is 9.97 Å². The molecule has 0 N–H and O–H groups in total. The normalized spacial score (nSPS) is 10.8. The second-order valence-electron chi connectivity index (χ2n) is 5.92. The number of ether oxygens (including phenoxy) is 1. The Hall–Kier alpha value is -3.74. The Morgan fingerprint density at radius 2 is 1.39 bits per heavy atom. The molecule has 0 saturated carbocycles. The number of hydrogen-bond donors (Lipinski definition) is 0. The molecule has 28 heavy (non-hydrogen) atoms. The first-order valence-corrected chi connectivity index (χ1v) is 8.19. The summed E-state index contributed by atoms with van der Waals surface area (Å²) in [6.07, 6.45) is 1.18. The molecule has 3 aromatic carbocycles. The average Bonchev–Trinajstić information content (AvgIpc) is 2.70. The van der Waals surface area contributed by atoms with Crippen LogP contribution in [0.2, 0.25) is 0 Å². The molecule has 0 saturated heterocycles. The number of fused-ring (bicyclic) bond motifs is 1. The van der Waals surface area contributed by atoms with Gasteiger partial charge in [-0.2, -0.15) is 0 Å². The molecule has 1 heterocycles. The van der Waals surface area contributed by atoms with Gasteiger partial charge in [-0.05, 0) is 54.6 Å². The summed E-state index contributed by atoms with van der Waals surface area (Å²) in [7, 11) is 0. The van der Waals surface area contributed by atoms with Crippen molar-refractivity contribution < 1.29 is 22.7 Å². The number of aromatic nitrogens is 2. The van der Waals surface area contributed by atoms with E-state index < -0.39 is 17.5 Å². The van der Waals surface area contributed by atoms with Crippen molar-refractivity contribution in [1.29, 1.82) is 0 Å². The van der Waals surface area contributed by atoms with Crippen LogP contribution < -0.4 is 4.74 Å². The third-order valence-corrected chi connectivity index (χ3v) is 4.08. The van der Waals surface area contributed by atoms with E-state index in [0.29, 0.717) is 16.9 Å². The Labute approximate surface area is 157 Å². The Morgan fingerprint density at radius 3 is 2.07 bits per heavy atom. The number of nitrogens with zero attached hydrogens (tertiary/aromatic N) is 2. The van der Waals surface area contributed by atoms with Crippen LogP contribution in [-0.2, 0) is 0 Å². The van der Waals surface area contributed by atoms with Crippen molar-refractivity contribution in [3.63, 3.8) is 0 Å². The van der Waals surface area contributed by atoms with Crippen LogP contribution in [-0.4, -0.2) is 15.8 Å². The lowest BCUT2D eigenvalue weighted by Crippen LogP contribution is -2.01. The molecule has 0 radical (unpaired) electrons. The number of hydrogen-bond acceptors (Lipinski definition) is 4. The molecule has 0 amide bonds. The van der Waals surface area contributed by atoms with Gasteiger partial charge in [-0.15, -0.1) is 0 Å². The van der Waals surface area contributed by atoms with Crippen LogP contribution in [0.25, 0.3) is 10.9 Å². The summed E-state index contributed by atoms with van der Waals surface area (Å²) in [6, 6.07) is 13.4. The maximum Gasteiger partial charge on any atom is 0.230 e. The monoisotopic (exact) mass is 380 g/mol. The van der Waals surface area contributed by atoms with E-state index in [-0.39, 0.29) is 22.6 Å². The van der Waals surface area contributed by atoms with E-state index in [1.54, 1.807) is 24.3 Å². The molecule has 0 fully saturated rings. The fourth-order valence-electron chi connectivity index (χ4n) is 2.66. The molecule has 0 aliphatic heterocycles. The molecule has 7 heteroatoms. The van der Waals surface area contributed by atoms with Crippen molar-refractivity contribution >= 4 is 16.7 Å². The minimum Gasteiger partial charge on any atom is -0.438 e. The van der Waals surface area contributed by atoms with Crippen LogP contribution in [0.4, 0.5) is 13.2 Å². The van der Waals surface area contributed by atoms with E-state index in [4.69, 9.17) is 4.74 Å². The summed E-state index contributed by atoms with van der Waals surface area (Å²) >= 11 is 0. The lowest BCUT2D eigenvalue weighted by Gasteiger charge is -2.08. The zero-order chi connectivity index (χ0) is 19.7. The summed E-state index contributed by atoms with van der Waals surface area (Å²) in [5.41, 5.74) is 0.945. The largest absolute Gasteiger partial charge is 0.438 e. The lowest BCUT2D eigenvalue weighted by atomic mass is 10.0. The second kappa shape index (κ2) is 7.11. The highest BCUT2D eigenvalue weighted by atomic mass is 19.2. The van der Waals surface area contributed by atoms with Crippen molar-refractivity contribution in [3.8, 4) is 11.6 Å². The highest BCUT2D eigenvalue weighted by molar-refractivity contribution is 6.09. The van der Waals surface area contributed by atoms with Gasteiger partial charge in [0.1, 0.15) is 17.9 Å². The van der Waals surface area contributed by atoms with Gasteiger partial charge in [-0.25, -0.2) is 23.1 Å². The zero-order valence-corrected chi connectivity index (χ0v) is 14.2. The molecule has 0 atom stereocenters. The molecular formula is C21H11F3N2O2. The number of carbonyl (C=O) groups excluding carboxylic acids is 1. The summed E-state index contributed by atoms with van der Waals surface area (Å²) in [5, 5.41) is 0.216. The number of rotatable bonds is 4. The maximum absolute atomic E-state index is 13.5. The van der Waals surface area contributed by atoms with Gasteiger partial charge in [0.15, 0.2) is 17.4 Å². The van der Waals surface area contributed by atoms with Gasteiger partial charge in [-0.3, -0.25) is 4.79 Å². The Bertz CT molecular complexity index is 1180. The molecule has 4 aromatic rings. The van der Waals surface area contributed by atoms with Crippen LogP contribution >= 0.6 is 0 Å². The van der Waals surface area contributed by atoms with Gasteiger partial charge in [0.05, 0.1) is 10.9 Å². The van der Waals surface area contributed by atoms with Crippen LogP contribution in [0.5, 0.6) is 11.6 Å². The minimum atomic E-state index is -1.03. The summed E-state index contributed by atoms with van der Waals surface area (Å²) in [6.45, 7) is 0. The molecule has 138 valence electrons. The van der Waals surface area contributed by atoms with Crippen LogP contribution in [0.3, 0.4) is 0 Å². The minimum absolute atomic E-state index is 0.0570. The molecule has 0 aliphatic carbocycles.